The Labute approximate surface area is 180 Å². The van der Waals surface area contributed by atoms with Gasteiger partial charge in [-0.15, -0.1) is 0 Å². The third-order valence-corrected chi connectivity index (χ3v) is 4.67. The van der Waals surface area contributed by atoms with Crippen molar-refractivity contribution in [1.29, 1.82) is 0 Å². The molecule has 2 aromatic carbocycles. The molecule has 0 radical (unpaired) electrons. The van der Waals surface area contributed by atoms with Crippen LogP contribution in [0.15, 0.2) is 79.3 Å². The number of rotatable bonds is 9. The number of nitrogens with zero attached hydrogens (tertiary/aromatic N) is 2. The van der Waals surface area contributed by atoms with E-state index in [4.69, 9.17) is 0 Å². The molecule has 2 amide bonds. The first kappa shape index (κ1) is 22.1. The molecule has 0 aliphatic carbocycles. The largest absolute Gasteiger partial charge is 0.453 e. The van der Waals surface area contributed by atoms with Gasteiger partial charge in [0.05, 0.1) is 12.2 Å². The summed E-state index contributed by atoms with van der Waals surface area (Å²) >= 11 is 0. The van der Waals surface area contributed by atoms with E-state index in [2.05, 4.69) is 20.6 Å². The maximum absolute atomic E-state index is 13.2. The summed E-state index contributed by atoms with van der Waals surface area (Å²) in [5, 5.41) is 24.5. The van der Waals surface area contributed by atoms with Crippen LogP contribution in [0.1, 0.15) is 27.7 Å². The second-order valence-electron chi connectivity index (χ2n) is 6.99. The van der Waals surface area contributed by atoms with Gasteiger partial charge in [-0.05, 0) is 11.1 Å². The monoisotopic (exact) mass is 418 g/mol. The van der Waals surface area contributed by atoms with E-state index in [-0.39, 0.29) is 18.4 Å². The molecule has 31 heavy (non-hydrogen) atoms. The smallest absolute Gasteiger partial charge is 0.427 e. The molecule has 1 heterocycles. The fourth-order valence-corrected chi connectivity index (χ4v) is 3.15. The minimum Gasteiger partial charge on any atom is -0.427 e. The van der Waals surface area contributed by atoms with E-state index in [9.17, 15) is 19.6 Å². The van der Waals surface area contributed by atoms with Crippen LogP contribution in [-0.2, 0) is 11.2 Å². The molecule has 158 valence electrons. The number of hydrogen-bond acceptors (Lipinski definition) is 6. The summed E-state index contributed by atoms with van der Waals surface area (Å²) in [5.41, 5.74) is 1.68. The topological polar surface area (TPSA) is 124 Å². The van der Waals surface area contributed by atoms with E-state index in [1.165, 1.54) is 18.6 Å². The number of carbonyl (C=O) groups is 2. The van der Waals surface area contributed by atoms with Crippen LogP contribution >= 0.6 is 0 Å². The van der Waals surface area contributed by atoms with E-state index in [1.807, 2.05) is 36.4 Å². The highest BCUT2D eigenvalue weighted by molar-refractivity contribution is 6.41. The summed E-state index contributed by atoms with van der Waals surface area (Å²) in [6.45, 7) is 0. The Kier molecular flexibility index (Phi) is 7.86. The zero-order valence-electron chi connectivity index (χ0n) is 16.8. The second-order valence-corrected chi connectivity index (χ2v) is 6.99. The van der Waals surface area contributed by atoms with Gasteiger partial charge in [-0.1, -0.05) is 60.7 Å². The molecule has 0 saturated heterocycles. The van der Waals surface area contributed by atoms with E-state index < -0.39 is 31.0 Å². The van der Waals surface area contributed by atoms with Gasteiger partial charge in [-0.2, -0.15) is 0 Å². The van der Waals surface area contributed by atoms with Crippen molar-refractivity contribution in [3.05, 3.63) is 96.1 Å². The molecule has 0 saturated carbocycles. The van der Waals surface area contributed by atoms with Gasteiger partial charge in [0.1, 0.15) is 11.7 Å². The maximum atomic E-state index is 13.2. The Bertz CT molecular complexity index is 975. The van der Waals surface area contributed by atoms with Crippen molar-refractivity contribution in [2.24, 2.45) is 0 Å². The number of carbonyl (C=O) groups excluding carboxylic acids is 2. The van der Waals surface area contributed by atoms with Crippen LogP contribution < -0.4 is 10.6 Å². The first-order valence-electron chi connectivity index (χ1n) is 9.85. The maximum Gasteiger partial charge on any atom is 0.453 e. The van der Waals surface area contributed by atoms with Gasteiger partial charge < -0.3 is 20.7 Å². The fraction of sp³-hybridized carbons (Fsp3) is 0.182. The Morgan fingerprint density at radius 3 is 2.23 bits per heavy atom. The van der Waals surface area contributed by atoms with E-state index in [1.54, 1.807) is 24.3 Å². The summed E-state index contributed by atoms with van der Waals surface area (Å²) in [5.74, 6) is -0.974. The molecule has 4 N–H and O–H groups in total. The molecule has 0 aliphatic heterocycles. The van der Waals surface area contributed by atoms with Crippen molar-refractivity contribution in [2.45, 2.75) is 24.8 Å². The van der Waals surface area contributed by atoms with E-state index >= 15 is 0 Å². The van der Waals surface area contributed by atoms with Crippen LogP contribution in [-0.4, -0.2) is 45.0 Å². The van der Waals surface area contributed by atoms with Crippen molar-refractivity contribution >= 4 is 18.9 Å². The molecule has 3 aromatic rings. The predicted molar refractivity (Wildman–Crippen MR) is 116 cm³/mol. The van der Waals surface area contributed by atoms with Crippen molar-refractivity contribution < 1.29 is 19.6 Å². The highest BCUT2D eigenvalue weighted by Gasteiger charge is 2.27. The first-order chi connectivity index (χ1) is 15.0. The van der Waals surface area contributed by atoms with Gasteiger partial charge in [0.2, 0.25) is 5.91 Å². The van der Waals surface area contributed by atoms with Crippen molar-refractivity contribution in [3.63, 3.8) is 0 Å². The number of amides is 2. The molecule has 0 spiro atoms. The number of benzene rings is 2. The number of nitrogens with one attached hydrogen (secondary N) is 2. The highest BCUT2D eigenvalue weighted by atomic mass is 16.4. The average Bonchev–Trinajstić information content (AvgIpc) is 2.79. The van der Waals surface area contributed by atoms with E-state index in [0.29, 0.717) is 0 Å². The van der Waals surface area contributed by atoms with Crippen LogP contribution in [0.2, 0.25) is 6.32 Å². The van der Waals surface area contributed by atoms with Crippen molar-refractivity contribution in [3.8, 4) is 0 Å². The molecule has 1 aromatic heterocycles. The van der Waals surface area contributed by atoms with Crippen LogP contribution in [0.4, 0.5) is 0 Å². The minimum atomic E-state index is -1.60. The van der Waals surface area contributed by atoms with Gasteiger partial charge >= 0.3 is 7.12 Å². The summed E-state index contributed by atoms with van der Waals surface area (Å²) in [6, 6.07) is 16.8. The first-order valence-corrected chi connectivity index (χ1v) is 9.85. The van der Waals surface area contributed by atoms with Crippen LogP contribution in [0.5, 0.6) is 0 Å². The third kappa shape index (κ3) is 6.73. The number of aromatic nitrogens is 2. The van der Waals surface area contributed by atoms with Gasteiger partial charge in [-0.25, -0.2) is 4.98 Å². The van der Waals surface area contributed by atoms with Crippen molar-refractivity contribution in [2.75, 3.05) is 0 Å². The summed E-state index contributed by atoms with van der Waals surface area (Å²) < 4.78 is 0. The molecule has 9 heteroatoms. The quantitative estimate of drug-likeness (QED) is 0.387. The zero-order valence-corrected chi connectivity index (χ0v) is 16.8. The molecule has 0 bridgehead atoms. The van der Waals surface area contributed by atoms with Crippen LogP contribution in [0.25, 0.3) is 0 Å². The van der Waals surface area contributed by atoms with Crippen LogP contribution in [0, 0.1) is 0 Å². The SMILES string of the molecule is O=C(N[C@@H](Cc1ccccc1)C(=O)N[C@H](CB(O)O)c1ccccc1)c1cnccn1. The molecule has 0 aliphatic rings. The van der Waals surface area contributed by atoms with Crippen LogP contribution in [0.3, 0.4) is 0 Å². The Morgan fingerprint density at radius 1 is 0.935 bits per heavy atom. The summed E-state index contributed by atoms with van der Waals surface area (Å²) in [6.07, 6.45) is 4.33. The number of hydrogen-bond donors (Lipinski definition) is 4. The standard InChI is InChI=1S/C22H23BN4O4/c28-21(27-19(14-23(30)31)17-9-5-2-6-10-17)18(13-16-7-3-1-4-8-16)26-22(29)20-15-24-11-12-25-20/h1-12,15,18-19,30-31H,13-14H2,(H,26,29)(H,27,28)/t18-,19+/m0/s1. The van der Waals surface area contributed by atoms with Gasteiger partial charge in [-0.3, -0.25) is 14.6 Å². The molecule has 8 nitrogen and oxygen atoms in total. The third-order valence-electron chi connectivity index (χ3n) is 4.67. The highest BCUT2D eigenvalue weighted by Crippen LogP contribution is 2.18. The lowest BCUT2D eigenvalue weighted by Crippen LogP contribution is -2.49. The normalized spacial score (nSPS) is 12.5. The van der Waals surface area contributed by atoms with Crippen molar-refractivity contribution in [1.82, 2.24) is 20.6 Å². The van der Waals surface area contributed by atoms with Gasteiger partial charge in [0.15, 0.2) is 0 Å². The zero-order chi connectivity index (χ0) is 22.1. The fourth-order valence-electron chi connectivity index (χ4n) is 3.15. The van der Waals surface area contributed by atoms with Gasteiger partial charge in [0, 0.05) is 25.1 Å². The molecule has 3 rings (SSSR count). The lowest BCUT2D eigenvalue weighted by molar-refractivity contribution is -0.123. The molecule has 0 fully saturated rings. The van der Waals surface area contributed by atoms with Gasteiger partial charge in [0.25, 0.3) is 5.91 Å². The molecular formula is C22H23BN4O4. The Hall–Kier alpha value is -3.56. The molecular weight excluding hydrogens is 395 g/mol. The Balaban J connectivity index is 1.80. The lowest BCUT2D eigenvalue weighted by atomic mass is 9.79. The molecule has 2 atom stereocenters. The second kappa shape index (κ2) is 11.0. The van der Waals surface area contributed by atoms with E-state index in [0.717, 1.165) is 11.1 Å². The minimum absolute atomic E-state index is 0.0914. The lowest BCUT2D eigenvalue weighted by Gasteiger charge is -2.24. The summed E-state index contributed by atoms with van der Waals surface area (Å²) in [7, 11) is -1.60. The average molecular weight is 418 g/mol. The Morgan fingerprint density at radius 2 is 1.61 bits per heavy atom. The molecule has 0 unspecified atom stereocenters. The predicted octanol–water partition coefficient (Wildman–Crippen LogP) is 1.15. The summed E-state index contributed by atoms with van der Waals surface area (Å²) in [4.78, 5) is 33.6.